The van der Waals surface area contributed by atoms with Gasteiger partial charge in [-0.15, -0.1) is 0 Å². The molecule has 1 rings (SSSR count). The molecule has 0 aromatic carbocycles. The zero-order valence-electron chi connectivity index (χ0n) is 6.06. The highest BCUT2D eigenvalue weighted by Gasteiger charge is 2.45. The molecule has 1 heterocycles. The first-order valence-electron chi connectivity index (χ1n) is 3.42. The monoisotopic (exact) mass is 183 g/mol. The number of aliphatic hydroxyl groups is 1. The zero-order valence-corrected chi connectivity index (χ0v) is 6.06. The summed E-state index contributed by atoms with van der Waals surface area (Å²) in [6, 6.07) is 0. The van der Waals surface area contributed by atoms with Crippen LogP contribution in [0.15, 0.2) is 0 Å². The SMILES string of the molecule is O=C1CC([C@H](O)C(F)(F)F)CN1. The first kappa shape index (κ1) is 9.31. The van der Waals surface area contributed by atoms with Crippen molar-refractivity contribution in [3.8, 4) is 0 Å². The van der Waals surface area contributed by atoms with E-state index in [1.807, 2.05) is 0 Å². The van der Waals surface area contributed by atoms with Crippen LogP contribution in [-0.2, 0) is 4.79 Å². The second kappa shape index (κ2) is 2.93. The van der Waals surface area contributed by atoms with Crippen LogP contribution in [0.2, 0.25) is 0 Å². The molecule has 12 heavy (non-hydrogen) atoms. The van der Waals surface area contributed by atoms with Gasteiger partial charge in [-0.1, -0.05) is 0 Å². The summed E-state index contributed by atoms with van der Waals surface area (Å²) in [4.78, 5) is 10.5. The maximum absolute atomic E-state index is 11.8. The van der Waals surface area contributed by atoms with E-state index >= 15 is 0 Å². The number of carbonyl (C=O) groups is 1. The van der Waals surface area contributed by atoms with Crippen molar-refractivity contribution < 1.29 is 23.1 Å². The summed E-state index contributed by atoms with van der Waals surface area (Å²) in [6.07, 6.45) is -7.27. The first-order chi connectivity index (χ1) is 5.41. The molecule has 1 amide bonds. The fourth-order valence-corrected chi connectivity index (χ4v) is 1.12. The van der Waals surface area contributed by atoms with Crippen LogP contribution < -0.4 is 5.32 Å². The third-order valence-corrected chi connectivity index (χ3v) is 1.79. The second-order valence-corrected chi connectivity index (χ2v) is 2.75. The Morgan fingerprint density at radius 1 is 1.58 bits per heavy atom. The van der Waals surface area contributed by atoms with Crippen molar-refractivity contribution in [2.45, 2.75) is 18.7 Å². The summed E-state index contributed by atoms with van der Waals surface area (Å²) >= 11 is 0. The Morgan fingerprint density at radius 3 is 2.50 bits per heavy atom. The number of halogens is 3. The lowest BCUT2D eigenvalue weighted by Gasteiger charge is -2.18. The number of aliphatic hydroxyl groups excluding tert-OH is 1. The largest absolute Gasteiger partial charge is 0.414 e. The fourth-order valence-electron chi connectivity index (χ4n) is 1.12. The van der Waals surface area contributed by atoms with Crippen LogP contribution in [-0.4, -0.2) is 29.8 Å². The number of nitrogens with one attached hydrogen (secondary N) is 1. The van der Waals surface area contributed by atoms with Crippen molar-refractivity contribution in [3.63, 3.8) is 0 Å². The van der Waals surface area contributed by atoms with Gasteiger partial charge in [-0.05, 0) is 0 Å². The molecule has 0 spiro atoms. The molecule has 1 saturated heterocycles. The summed E-state index contributed by atoms with van der Waals surface area (Å²) in [6.45, 7) is -0.0977. The van der Waals surface area contributed by atoms with E-state index in [-0.39, 0.29) is 13.0 Å². The third-order valence-electron chi connectivity index (χ3n) is 1.79. The van der Waals surface area contributed by atoms with Gasteiger partial charge in [0.25, 0.3) is 0 Å². The Bertz CT molecular complexity index is 192. The quantitative estimate of drug-likeness (QED) is 0.603. The standard InChI is InChI=1S/C6H8F3NO2/c7-6(8,9)5(12)3-1-4(11)10-2-3/h3,5,12H,1-2H2,(H,10,11)/t3?,5-/m0/s1. The van der Waals surface area contributed by atoms with Crippen LogP contribution in [0.1, 0.15) is 6.42 Å². The summed E-state index contributed by atoms with van der Waals surface area (Å²) in [5.41, 5.74) is 0. The summed E-state index contributed by atoms with van der Waals surface area (Å²) in [5, 5.41) is 10.9. The highest BCUT2D eigenvalue weighted by atomic mass is 19.4. The summed E-state index contributed by atoms with van der Waals surface area (Å²) < 4.78 is 35.5. The van der Waals surface area contributed by atoms with Crippen LogP contribution in [0.3, 0.4) is 0 Å². The molecule has 2 atom stereocenters. The zero-order chi connectivity index (χ0) is 9.35. The van der Waals surface area contributed by atoms with Gasteiger partial charge in [0.15, 0.2) is 6.10 Å². The number of hydrogen-bond donors (Lipinski definition) is 2. The molecule has 0 aliphatic carbocycles. The van der Waals surface area contributed by atoms with Crippen LogP contribution in [0.4, 0.5) is 13.2 Å². The molecule has 1 aliphatic rings. The molecule has 1 aliphatic heterocycles. The molecule has 1 unspecified atom stereocenters. The molecule has 0 radical (unpaired) electrons. The smallest absolute Gasteiger partial charge is 0.383 e. The van der Waals surface area contributed by atoms with Crippen molar-refractivity contribution in [2.24, 2.45) is 5.92 Å². The van der Waals surface area contributed by atoms with E-state index < -0.39 is 24.1 Å². The topological polar surface area (TPSA) is 49.3 Å². The molecule has 3 nitrogen and oxygen atoms in total. The van der Waals surface area contributed by atoms with E-state index in [1.54, 1.807) is 0 Å². The molecule has 1 fully saturated rings. The normalized spacial score (nSPS) is 27.0. The van der Waals surface area contributed by atoms with Gasteiger partial charge in [0.05, 0.1) is 0 Å². The lowest BCUT2D eigenvalue weighted by Crippen LogP contribution is -2.36. The molecule has 0 aromatic rings. The number of alkyl halides is 3. The number of rotatable bonds is 1. The average Bonchev–Trinajstić information content (AvgIpc) is 2.32. The molecule has 70 valence electrons. The van der Waals surface area contributed by atoms with E-state index in [0.717, 1.165) is 0 Å². The minimum atomic E-state index is -4.63. The van der Waals surface area contributed by atoms with E-state index in [2.05, 4.69) is 5.32 Å². The van der Waals surface area contributed by atoms with E-state index in [1.165, 1.54) is 0 Å². The number of carbonyl (C=O) groups excluding carboxylic acids is 1. The van der Waals surface area contributed by atoms with Gasteiger partial charge < -0.3 is 10.4 Å². The Morgan fingerprint density at radius 2 is 2.17 bits per heavy atom. The second-order valence-electron chi connectivity index (χ2n) is 2.75. The molecule has 0 aromatic heterocycles. The van der Waals surface area contributed by atoms with Crippen LogP contribution >= 0.6 is 0 Å². The van der Waals surface area contributed by atoms with Gasteiger partial charge in [0.2, 0.25) is 5.91 Å². The minimum absolute atomic E-state index is 0.0977. The van der Waals surface area contributed by atoms with Crippen LogP contribution in [0.25, 0.3) is 0 Å². The van der Waals surface area contributed by atoms with Crippen molar-refractivity contribution in [2.75, 3.05) is 6.54 Å². The molecule has 6 heteroatoms. The van der Waals surface area contributed by atoms with Gasteiger partial charge >= 0.3 is 6.18 Å². The highest BCUT2D eigenvalue weighted by Crippen LogP contribution is 2.28. The van der Waals surface area contributed by atoms with Crippen molar-refractivity contribution in [1.29, 1.82) is 0 Å². The summed E-state index contributed by atoms with van der Waals surface area (Å²) in [7, 11) is 0. The van der Waals surface area contributed by atoms with E-state index in [9.17, 15) is 18.0 Å². The average molecular weight is 183 g/mol. The van der Waals surface area contributed by atoms with Gasteiger partial charge in [-0.2, -0.15) is 13.2 Å². The Hall–Kier alpha value is -0.780. The van der Waals surface area contributed by atoms with Crippen LogP contribution in [0, 0.1) is 5.92 Å². The highest BCUT2D eigenvalue weighted by molar-refractivity contribution is 5.78. The number of amides is 1. The van der Waals surface area contributed by atoms with Gasteiger partial charge in [0.1, 0.15) is 0 Å². The van der Waals surface area contributed by atoms with Gasteiger partial charge in [0, 0.05) is 18.9 Å². The van der Waals surface area contributed by atoms with E-state index in [4.69, 9.17) is 5.11 Å². The molecular weight excluding hydrogens is 175 g/mol. The summed E-state index contributed by atoms with van der Waals surface area (Å²) in [5.74, 6) is -1.47. The Balaban J connectivity index is 2.54. The van der Waals surface area contributed by atoms with E-state index in [0.29, 0.717) is 0 Å². The van der Waals surface area contributed by atoms with Gasteiger partial charge in [-0.25, -0.2) is 0 Å². The lowest BCUT2D eigenvalue weighted by atomic mass is 10.0. The lowest BCUT2D eigenvalue weighted by molar-refractivity contribution is -0.217. The van der Waals surface area contributed by atoms with Crippen molar-refractivity contribution in [3.05, 3.63) is 0 Å². The Labute approximate surface area is 66.6 Å². The maximum atomic E-state index is 11.8. The first-order valence-corrected chi connectivity index (χ1v) is 3.42. The number of hydrogen-bond acceptors (Lipinski definition) is 2. The van der Waals surface area contributed by atoms with Crippen LogP contribution in [0.5, 0.6) is 0 Å². The minimum Gasteiger partial charge on any atom is -0.383 e. The maximum Gasteiger partial charge on any atom is 0.414 e. The fraction of sp³-hybridized carbons (Fsp3) is 0.833. The molecular formula is C6H8F3NO2. The molecule has 2 N–H and O–H groups in total. The van der Waals surface area contributed by atoms with Crippen molar-refractivity contribution >= 4 is 5.91 Å². The van der Waals surface area contributed by atoms with Gasteiger partial charge in [-0.3, -0.25) is 4.79 Å². The predicted octanol–water partition coefficient (Wildman–Crippen LogP) is 0.0457. The third kappa shape index (κ3) is 1.88. The Kier molecular flexibility index (Phi) is 2.27. The molecule has 0 saturated carbocycles. The van der Waals surface area contributed by atoms with Crippen molar-refractivity contribution in [1.82, 2.24) is 5.32 Å². The predicted molar refractivity (Wildman–Crippen MR) is 33.2 cm³/mol. The molecule has 0 bridgehead atoms.